The van der Waals surface area contributed by atoms with Gasteiger partial charge in [0.1, 0.15) is 10.9 Å². The van der Waals surface area contributed by atoms with Crippen molar-refractivity contribution in [1.29, 1.82) is 5.26 Å². The first-order valence-corrected chi connectivity index (χ1v) is 4.62. The van der Waals surface area contributed by atoms with Crippen molar-refractivity contribution in [2.75, 3.05) is 0 Å². The van der Waals surface area contributed by atoms with E-state index in [0.717, 1.165) is 15.3 Å². The standard InChI is InChI=1S/C10H6N2S/c11-6-9-3-4-10(13-9)8-2-1-5-12-7-8/h1-5,7H. The van der Waals surface area contributed by atoms with Crippen molar-refractivity contribution in [2.24, 2.45) is 0 Å². The van der Waals surface area contributed by atoms with Crippen LogP contribution >= 0.6 is 11.3 Å². The molecule has 2 aromatic rings. The Labute approximate surface area is 80.1 Å². The predicted octanol–water partition coefficient (Wildman–Crippen LogP) is 2.68. The minimum atomic E-state index is 0.735. The second-order valence-corrected chi connectivity index (χ2v) is 3.60. The van der Waals surface area contributed by atoms with Crippen LogP contribution in [0.5, 0.6) is 0 Å². The van der Waals surface area contributed by atoms with Gasteiger partial charge >= 0.3 is 0 Å². The molecule has 2 aromatic heterocycles. The molecule has 0 N–H and O–H groups in total. The molecular formula is C10H6N2S. The van der Waals surface area contributed by atoms with E-state index in [4.69, 9.17) is 5.26 Å². The van der Waals surface area contributed by atoms with Crippen molar-refractivity contribution < 1.29 is 0 Å². The van der Waals surface area contributed by atoms with Crippen molar-refractivity contribution in [3.63, 3.8) is 0 Å². The second-order valence-electron chi connectivity index (χ2n) is 2.52. The Hall–Kier alpha value is -1.66. The molecule has 2 rings (SSSR count). The van der Waals surface area contributed by atoms with E-state index in [1.807, 2.05) is 24.3 Å². The van der Waals surface area contributed by atoms with Crippen molar-refractivity contribution in [3.8, 4) is 16.5 Å². The fourth-order valence-electron chi connectivity index (χ4n) is 1.06. The molecule has 0 aliphatic rings. The maximum atomic E-state index is 8.64. The van der Waals surface area contributed by atoms with Crippen molar-refractivity contribution >= 4 is 11.3 Å². The zero-order chi connectivity index (χ0) is 9.10. The minimum Gasteiger partial charge on any atom is -0.264 e. The van der Waals surface area contributed by atoms with Crippen LogP contribution in [0.2, 0.25) is 0 Å². The first-order chi connectivity index (χ1) is 6.40. The minimum absolute atomic E-state index is 0.735. The molecule has 0 aliphatic heterocycles. The van der Waals surface area contributed by atoms with Gasteiger partial charge < -0.3 is 0 Å². The van der Waals surface area contributed by atoms with Gasteiger partial charge in [0.25, 0.3) is 0 Å². The molecule has 0 saturated carbocycles. The average Bonchev–Trinajstić information content (AvgIpc) is 2.67. The van der Waals surface area contributed by atoms with E-state index >= 15 is 0 Å². The smallest absolute Gasteiger partial charge is 0.110 e. The van der Waals surface area contributed by atoms with Crippen LogP contribution in [-0.4, -0.2) is 4.98 Å². The molecule has 0 aromatic carbocycles. The summed E-state index contributed by atoms with van der Waals surface area (Å²) in [7, 11) is 0. The number of aromatic nitrogens is 1. The molecule has 0 spiro atoms. The lowest BCUT2D eigenvalue weighted by molar-refractivity contribution is 1.33. The topological polar surface area (TPSA) is 36.7 Å². The van der Waals surface area contributed by atoms with Gasteiger partial charge in [-0.2, -0.15) is 5.26 Å². The third-order valence-corrected chi connectivity index (χ3v) is 2.70. The number of hydrogen-bond donors (Lipinski definition) is 0. The maximum absolute atomic E-state index is 8.64. The Morgan fingerprint density at radius 3 is 2.85 bits per heavy atom. The first kappa shape index (κ1) is 7.96. The largest absolute Gasteiger partial charge is 0.264 e. The number of thiophene rings is 1. The van der Waals surface area contributed by atoms with E-state index in [-0.39, 0.29) is 0 Å². The van der Waals surface area contributed by atoms with E-state index in [1.54, 1.807) is 12.4 Å². The van der Waals surface area contributed by atoms with Crippen molar-refractivity contribution in [3.05, 3.63) is 41.5 Å². The lowest BCUT2D eigenvalue weighted by Gasteiger charge is -1.92. The maximum Gasteiger partial charge on any atom is 0.110 e. The van der Waals surface area contributed by atoms with E-state index in [9.17, 15) is 0 Å². The molecule has 0 atom stereocenters. The van der Waals surface area contributed by atoms with Crippen molar-refractivity contribution in [1.82, 2.24) is 4.98 Å². The van der Waals surface area contributed by atoms with E-state index < -0.39 is 0 Å². The molecule has 0 radical (unpaired) electrons. The van der Waals surface area contributed by atoms with Gasteiger partial charge in [-0.1, -0.05) is 6.07 Å². The molecule has 0 bridgehead atoms. The van der Waals surface area contributed by atoms with Gasteiger partial charge in [0.15, 0.2) is 0 Å². The Balaban J connectivity index is 2.43. The predicted molar refractivity (Wildman–Crippen MR) is 52.3 cm³/mol. The zero-order valence-electron chi connectivity index (χ0n) is 6.77. The second kappa shape index (κ2) is 3.38. The molecule has 3 heteroatoms. The summed E-state index contributed by atoms with van der Waals surface area (Å²) in [6.45, 7) is 0. The highest BCUT2D eigenvalue weighted by molar-refractivity contribution is 7.16. The van der Waals surface area contributed by atoms with E-state index in [0.29, 0.717) is 0 Å². The zero-order valence-corrected chi connectivity index (χ0v) is 7.58. The Morgan fingerprint density at radius 1 is 1.31 bits per heavy atom. The first-order valence-electron chi connectivity index (χ1n) is 3.80. The number of pyridine rings is 1. The summed E-state index contributed by atoms with van der Waals surface area (Å²) in [5, 5.41) is 8.64. The highest BCUT2D eigenvalue weighted by Gasteiger charge is 2.00. The summed E-state index contributed by atoms with van der Waals surface area (Å²) < 4.78 is 0. The number of nitrogens with zero attached hydrogens (tertiary/aromatic N) is 2. The highest BCUT2D eigenvalue weighted by Crippen LogP contribution is 2.26. The van der Waals surface area contributed by atoms with Crippen LogP contribution in [0.4, 0.5) is 0 Å². The summed E-state index contributed by atoms with van der Waals surface area (Å²) >= 11 is 1.48. The van der Waals surface area contributed by atoms with Crippen LogP contribution < -0.4 is 0 Å². The molecule has 2 nitrogen and oxygen atoms in total. The number of nitriles is 1. The lowest BCUT2D eigenvalue weighted by atomic mass is 10.2. The van der Waals surface area contributed by atoms with Gasteiger partial charge in [-0.25, -0.2) is 0 Å². The fraction of sp³-hybridized carbons (Fsp3) is 0. The molecule has 0 amide bonds. The van der Waals surface area contributed by atoms with Crippen LogP contribution in [0.15, 0.2) is 36.7 Å². The summed E-state index contributed by atoms with van der Waals surface area (Å²) in [5.41, 5.74) is 1.06. The highest BCUT2D eigenvalue weighted by atomic mass is 32.1. The molecule has 2 heterocycles. The van der Waals surface area contributed by atoms with Gasteiger partial charge in [0.2, 0.25) is 0 Å². The third kappa shape index (κ3) is 1.58. The molecule has 13 heavy (non-hydrogen) atoms. The fourth-order valence-corrected chi connectivity index (χ4v) is 1.85. The van der Waals surface area contributed by atoms with Gasteiger partial charge in [0.05, 0.1) is 0 Å². The van der Waals surface area contributed by atoms with Gasteiger partial charge in [-0.05, 0) is 18.2 Å². The third-order valence-electron chi connectivity index (χ3n) is 1.66. The number of hydrogen-bond acceptors (Lipinski definition) is 3. The Bertz CT molecular complexity index is 439. The quantitative estimate of drug-likeness (QED) is 0.686. The van der Waals surface area contributed by atoms with Gasteiger partial charge in [-0.3, -0.25) is 4.98 Å². The summed E-state index contributed by atoms with van der Waals surface area (Å²) in [6, 6.07) is 9.76. The summed E-state index contributed by atoms with van der Waals surface area (Å²) in [5.74, 6) is 0. The monoisotopic (exact) mass is 186 g/mol. The lowest BCUT2D eigenvalue weighted by Crippen LogP contribution is -1.72. The summed E-state index contributed by atoms with van der Waals surface area (Å²) in [4.78, 5) is 5.84. The van der Waals surface area contributed by atoms with E-state index in [2.05, 4.69) is 11.1 Å². The Kier molecular flexibility index (Phi) is 2.07. The normalized spacial score (nSPS) is 9.46. The van der Waals surface area contributed by atoms with Crippen LogP contribution in [0.25, 0.3) is 10.4 Å². The molecular weight excluding hydrogens is 180 g/mol. The molecule has 0 saturated heterocycles. The van der Waals surface area contributed by atoms with Crippen LogP contribution in [0, 0.1) is 11.3 Å². The van der Waals surface area contributed by atoms with Crippen LogP contribution in [0.3, 0.4) is 0 Å². The molecule has 62 valence electrons. The molecule has 0 aliphatic carbocycles. The van der Waals surface area contributed by atoms with Gasteiger partial charge in [0, 0.05) is 22.8 Å². The SMILES string of the molecule is N#Cc1ccc(-c2cccnc2)s1. The average molecular weight is 186 g/mol. The van der Waals surface area contributed by atoms with Gasteiger partial charge in [-0.15, -0.1) is 11.3 Å². The van der Waals surface area contributed by atoms with Crippen LogP contribution in [-0.2, 0) is 0 Å². The molecule has 0 fully saturated rings. The molecule has 0 unspecified atom stereocenters. The van der Waals surface area contributed by atoms with E-state index in [1.165, 1.54) is 11.3 Å². The van der Waals surface area contributed by atoms with Crippen molar-refractivity contribution in [2.45, 2.75) is 0 Å². The van der Waals surface area contributed by atoms with Crippen LogP contribution in [0.1, 0.15) is 4.88 Å². The Morgan fingerprint density at radius 2 is 2.23 bits per heavy atom. The number of rotatable bonds is 1. The summed E-state index contributed by atoms with van der Waals surface area (Å²) in [6.07, 6.45) is 3.54.